The third kappa shape index (κ3) is 2.32. The lowest BCUT2D eigenvalue weighted by atomic mass is 9.88. The van der Waals surface area contributed by atoms with Gasteiger partial charge in [-0.1, -0.05) is 11.6 Å². The van der Waals surface area contributed by atoms with Crippen molar-refractivity contribution in [1.29, 1.82) is 5.26 Å². The zero-order valence-corrected chi connectivity index (χ0v) is 11.1. The molecule has 0 saturated carbocycles. The van der Waals surface area contributed by atoms with Crippen molar-refractivity contribution in [3.8, 4) is 6.07 Å². The van der Waals surface area contributed by atoms with Crippen LogP contribution in [0, 0.1) is 17.2 Å². The van der Waals surface area contributed by atoms with Gasteiger partial charge in [0.2, 0.25) is 5.91 Å². The van der Waals surface area contributed by atoms with E-state index >= 15 is 0 Å². The van der Waals surface area contributed by atoms with E-state index in [1.165, 1.54) is 6.42 Å². The van der Waals surface area contributed by atoms with E-state index in [1.807, 2.05) is 6.07 Å². The van der Waals surface area contributed by atoms with E-state index in [0.717, 1.165) is 12.8 Å². The van der Waals surface area contributed by atoms with Crippen molar-refractivity contribution in [2.24, 2.45) is 5.92 Å². The van der Waals surface area contributed by atoms with E-state index in [1.54, 1.807) is 18.2 Å². The maximum Gasteiger partial charge on any atom is 0.229 e. The fourth-order valence-electron chi connectivity index (χ4n) is 3.03. The first-order valence-corrected chi connectivity index (χ1v) is 6.82. The molecule has 2 saturated heterocycles. The Labute approximate surface area is 116 Å². The normalized spacial score (nSPS) is 28.1. The van der Waals surface area contributed by atoms with Gasteiger partial charge < -0.3 is 10.6 Å². The highest BCUT2D eigenvalue weighted by molar-refractivity contribution is 6.33. The number of fused-ring (bicyclic) bond motifs is 2. The fourth-order valence-corrected chi connectivity index (χ4v) is 3.19. The Balaban J connectivity index is 1.75. The van der Waals surface area contributed by atoms with Crippen LogP contribution in [-0.4, -0.2) is 18.0 Å². The predicted octanol–water partition coefficient (Wildman–Crippen LogP) is 2.29. The summed E-state index contributed by atoms with van der Waals surface area (Å²) in [5, 5.41) is 15.6. The van der Waals surface area contributed by atoms with Gasteiger partial charge in [-0.3, -0.25) is 4.79 Å². The van der Waals surface area contributed by atoms with Gasteiger partial charge in [-0.2, -0.15) is 5.26 Å². The molecule has 2 aliphatic heterocycles. The lowest BCUT2D eigenvalue weighted by molar-refractivity contribution is -0.120. The Kier molecular flexibility index (Phi) is 3.17. The molecule has 1 aromatic rings. The summed E-state index contributed by atoms with van der Waals surface area (Å²) in [6.45, 7) is 0. The molecule has 19 heavy (non-hydrogen) atoms. The number of nitriles is 1. The summed E-state index contributed by atoms with van der Waals surface area (Å²) in [6, 6.07) is 7.71. The average Bonchev–Trinajstić information content (AvgIpc) is 3.03. The Hall–Kier alpha value is -1.57. The molecule has 3 unspecified atom stereocenters. The van der Waals surface area contributed by atoms with Crippen LogP contribution in [0.2, 0.25) is 5.02 Å². The maximum atomic E-state index is 12.3. The smallest absolute Gasteiger partial charge is 0.229 e. The molecule has 98 valence electrons. The summed E-state index contributed by atoms with van der Waals surface area (Å²) < 4.78 is 0. The number of hydrogen-bond donors (Lipinski definition) is 2. The summed E-state index contributed by atoms with van der Waals surface area (Å²) in [6.07, 6.45) is 3.12. The standard InChI is InChI=1S/C14H14ClN3O/c15-11-3-1-8(7-16)5-13(11)18-14(19)10-6-9-2-4-12(10)17-9/h1,3,5,9-10,12,17H,2,4,6H2,(H,18,19). The van der Waals surface area contributed by atoms with E-state index in [4.69, 9.17) is 16.9 Å². The number of anilines is 1. The van der Waals surface area contributed by atoms with Crippen LogP contribution >= 0.6 is 11.6 Å². The van der Waals surface area contributed by atoms with Crippen LogP contribution in [0.25, 0.3) is 0 Å². The van der Waals surface area contributed by atoms with E-state index in [2.05, 4.69) is 10.6 Å². The molecule has 3 atom stereocenters. The summed E-state index contributed by atoms with van der Waals surface area (Å²) >= 11 is 6.04. The molecule has 4 nitrogen and oxygen atoms in total. The van der Waals surface area contributed by atoms with Crippen molar-refractivity contribution in [1.82, 2.24) is 5.32 Å². The van der Waals surface area contributed by atoms with Crippen molar-refractivity contribution in [2.75, 3.05) is 5.32 Å². The van der Waals surface area contributed by atoms with Crippen LogP contribution in [0.5, 0.6) is 0 Å². The van der Waals surface area contributed by atoms with Gasteiger partial charge in [0.25, 0.3) is 0 Å². The summed E-state index contributed by atoms with van der Waals surface area (Å²) in [7, 11) is 0. The van der Waals surface area contributed by atoms with Gasteiger partial charge in [0.05, 0.1) is 28.3 Å². The molecular weight excluding hydrogens is 262 g/mol. The number of hydrogen-bond acceptors (Lipinski definition) is 3. The van der Waals surface area contributed by atoms with Crippen LogP contribution in [0.3, 0.4) is 0 Å². The zero-order chi connectivity index (χ0) is 13.4. The first-order valence-electron chi connectivity index (χ1n) is 6.44. The Morgan fingerprint density at radius 1 is 1.47 bits per heavy atom. The quantitative estimate of drug-likeness (QED) is 0.870. The average molecular weight is 276 g/mol. The van der Waals surface area contributed by atoms with Crippen LogP contribution in [0.4, 0.5) is 5.69 Å². The Bertz CT molecular complexity index is 566. The third-order valence-corrected chi connectivity index (χ3v) is 4.32. The highest BCUT2D eigenvalue weighted by Gasteiger charge is 2.42. The number of nitrogens with zero attached hydrogens (tertiary/aromatic N) is 1. The van der Waals surface area contributed by atoms with Crippen molar-refractivity contribution in [3.63, 3.8) is 0 Å². The molecule has 2 fully saturated rings. The molecule has 2 N–H and O–H groups in total. The minimum absolute atomic E-state index is 0.00307. The number of amides is 1. The van der Waals surface area contributed by atoms with Crippen molar-refractivity contribution in [2.45, 2.75) is 31.3 Å². The van der Waals surface area contributed by atoms with Gasteiger partial charge in [0, 0.05) is 12.1 Å². The van der Waals surface area contributed by atoms with Gasteiger partial charge in [-0.05, 0) is 37.5 Å². The molecule has 2 heterocycles. The Morgan fingerprint density at radius 2 is 2.32 bits per heavy atom. The van der Waals surface area contributed by atoms with Crippen LogP contribution in [0.15, 0.2) is 18.2 Å². The second-order valence-electron chi connectivity index (χ2n) is 5.19. The van der Waals surface area contributed by atoms with Gasteiger partial charge in [0.1, 0.15) is 0 Å². The first-order chi connectivity index (χ1) is 9.17. The van der Waals surface area contributed by atoms with Crippen LogP contribution in [0.1, 0.15) is 24.8 Å². The molecule has 3 rings (SSSR count). The molecule has 1 aromatic carbocycles. The molecule has 0 spiro atoms. The highest BCUT2D eigenvalue weighted by Crippen LogP contribution is 2.34. The summed E-state index contributed by atoms with van der Waals surface area (Å²) in [4.78, 5) is 12.3. The predicted molar refractivity (Wildman–Crippen MR) is 72.8 cm³/mol. The summed E-state index contributed by atoms with van der Waals surface area (Å²) in [5.74, 6) is 0.0113. The monoisotopic (exact) mass is 275 g/mol. The highest BCUT2D eigenvalue weighted by atomic mass is 35.5. The molecule has 1 amide bonds. The largest absolute Gasteiger partial charge is 0.324 e. The topological polar surface area (TPSA) is 64.9 Å². The lowest BCUT2D eigenvalue weighted by Gasteiger charge is -2.19. The number of rotatable bonds is 2. The number of carbonyl (C=O) groups excluding carboxylic acids is 1. The molecule has 0 radical (unpaired) electrons. The SMILES string of the molecule is N#Cc1ccc(Cl)c(NC(=O)C2CC3CCC2N3)c1. The second kappa shape index (κ2) is 4.84. The first kappa shape index (κ1) is 12.5. The molecule has 5 heteroatoms. The summed E-state index contributed by atoms with van der Waals surface area (Å²) in [5.41, 5.74) is 1.01. The molecule has 0 aliphatic carbocycles. The lowest BCUT2D eigenvalue weighted by Crippen LogP contribution is -2.32. The molecular formula is C14H14ClN3O. The molecule has 2 aliphatic rings. The van der Waals surface area contributed by atoms with E-state index in [9.17, 15) is 4.79 Å². The Morgan fingerprint density at radius 3 is 2.95 bits per heavy atom. The van der Waals surface area contributed by atoms with Gasteiger partial charge in [0.15, 0.2) is 0 Å². The van der Waals surface area contributed by atoms with E-state index in [-0.39, 0.29) is 11.8 Å². The number of halogens is 1. The van der Waals surface area contributed by atoms with Crippen molar-refractivity contribution in [3.05, 3.63) is 28.8 Å². The van der Waals surface area contributed by atoms with E-state index < -0.39 is 0 Å². The minimum Gasteiger partial charge on any atom is -0.324 e. The van der Waals surface area contributed by atoms with Crippen molar-refractivity contribution < 1.29 is 4.79 Å². The number of carbonyl (C=O) groups is 1. The second-order valence-corrected chi connectivity index (χ2v) is 5.59. The number of nitrogens with one attached hydrogen (secondary N) is 2. The van der Waals surface area contributed by atoms with Crippen molar-refractivity contribution >= 4 is 23.2 Å². The molecule has 2 bridgehead atoms. The third-order valence-electron chi connectivity index (χ3n) is 3.99. The fraction of sp³-hybridized carbons (Fsp3) is 0.429. The number of benzene rings is 1. The molecule has 0 aromatic heterocycles. The van der Waals surface area contributed by atoms with Gasteiger partial charge in [-0.15, -0.1) is 0 Å². The zero-order valence-electron chi connectivity index (χ0n) is 10.3. The maximum absolute atomic E-state index is 12.3. The van der Waals surface area contributed by atoms with Crippen LogP contribution < -0.4 is 10.6 Å². The van der Waals surface area contributed by atoms with Crippen LogP contribution in [-0.2, 0) is 4.79 Å². The van der Waals surface area contributed by atoms with E-state index in [0.29, 0.717) is 28.4 Å². The van der Waals surface area contributed by atoms with Gasteiger partial charge in [-0.25, -0.2) is 0 Å². The van der Waals surface area contributed by atoms with Gasteiger partial charge >= 0.3 is 0 Å². The minimum atomic E-state index is -0.00307.